The van der Waals surface area contributed by atoms with Crippen molar-refractivity contribution in [3.05, 3.63) is 35.4 Å². The summed E-state index contributed by atoms with van der Waals surface area (Å²) in [6.07, 6.45) is 0. The van der Waals surface area contributed by atoms with E-state index in [0.29, 0.717) is 0 Å². The van der Waals surface area contributed by atoms with E-state index in [0.717, 1.165) is 0 Å². The summed E-state index contributed by atoms with van der Waals surface area (Å²) in [7, 11) is -0.833. The molecule has 0 unspecified atom stereocenters. The van der Waals surface area contributed by atoms with Crippen LogP contribution in [0.4, 0.5) is 0 Å². The van der Waals surface area contributed by atoms with Gasteiger partial charge in [0.15, 0.2) is 0 Å². The van der Waals surface area contributed by atoms with E-state index in [-0.39, 0.29) is 40.6 Å². The number of hydrogen-bond donors (Lipinski definition) is 1. The molecule has 0 atom stereocenters. The first-order valence-electron chi connectivity index (χ1n) is 3.20. The third-order valence-electron chi connectivity index (χ3n) is 1.22. The van der Waals surface area contributed by atoms with E-state index >= 15 is 0 Å². The second-order valence-electron chi connectivity index (χ2n) is 2.24. The van der Waals surface area contributed by atoms with Crippen LogP contribution in [0.2, 0.25) is 0 Å². The monoisotopic (exact) mass is 212 g/mol. The topological polar surface area (TPSA) is 37.3 Å². The summed E-state index contributed by atoms with van der Waals surface area (Å²) in [5, 5.41) is 0. The zero-order chi connectivity index (χ0) is 8.69. The van der Waals surface area contributed by atoms with Crippen molar-refractivity contribution in [2.24, 2.45) is 0 Å². The minimum Gasteiger partial charge on any atom is -1.00 e. The van der Waals surface area contributed by atoms with Crippen molar-refractivity contribution in [2.45, 2.75) is 13.8 Å². The normalized spacial score (nSPS) is 7.92. The van der Waals surface area contributed by atoms with Gasteiger partial charge in [0.1, 0.15) is 0 Å². The van der Waals surface area contributed by atoms with Crippen LogP contribution in [0.15, 0.2) is 24.3 Å². The van der Waals surface area contributed by atoms with Crippen molar-refractivity contribution in [3.8, 4) is 0 Å². The fraction of sp³-hybridized carbons (Fsp3) is 0.250. The number of aryl methyl sites for hydroxylation is 2. The van der Waals surface area contributed by atoms with Crippen LogP contribution < -0.4 is 0 Å². The van der Waals surface area contributed by atoms with E-state index in [1.807, 2.05) is 0 Å². The van der Waals surface area contributed by atoms with E-state index in [4.69, 9.17) is 9.46 Å². The van der Waals surface area contributed by atoms with Gasteiger partial charge in [-0.25, -0.2) is 4.57 Å². The van der Waals surface area contributed by atoms with Crippen molar-refractivity contribution in [3.63, 3.8) is 0 Å². The molecule has 1 aromatic carbocycles. The molecule has 0 heterocycles. The third kappa shape index (κ3) is 8.63. The molecule has 0 radical (unpaired) electrons. The summed E-state index contributed by atoms with van der Waals surface area (Å²) in [4.78, 5) is 6.99. The zero-order valence-corrected chi connectivity index (χ0v) is 10.4. The first kappa shape index (κ1) is 15.0. The Morgan fingerprint density at radius 3 is 1.50 bits per heavy atom. The molecule has 0 fully saturated rings. The molecule has 0 saturated heterocycles. The van der Waals surface area contributed by atoms with Gasteiger partial charge in [0.25, 0.3) is 0 Å². The van der Waals surface area contributed by atoms with Gasteiger partial charge in [-0.2, -0.15) is 0 Å². The summed E-state index contributed by atoms with van der Waals surface area (Å²) in [6.45, 7) is 4.19. The molecular weight excluding hydrogens is 199 g/mol. The fourth-order valence-electron chi connectivity index (χ4n) is 0.637. The summed E-state index contributed by atoms with van der Waals surface area (Å²) >= 11 is 0. The van der Waals surface area contributed by atoms with Gasteiger partial charge >= 0.3 is 46.4 Å². The van der Waals surface area contributed by atoms with Crippen LogP contribution in [0.1, 0.15) is 14.0 Å². The zero-order valence-electron chi connectivity index (χ0n) is 9.32. The Balaban J connectivity index is -0.0000000758. The SMILES string of the molecule is Cc1ccc(C)cc1.O=PO.[Ca+2].[H-].[H-]. The molecule has 12 heavy (non-hydrogen) atoms. The minimum absolute atomic E-state index is 0. The van der Waals surface area contributed by atoms with Gasteiger partial charge in [-0.1, -0.05) is 35.4 Å². The maximum atomic E-state index is 8.46. The van der Waals surface area contributed by atoms with Crippen molar-refractivity contribution in [1.82, 2.24) is 0 Å². The van der Waals surface area contributed by atoms with Crippen LogP contribution in [0.3, 0.4) is 0 Å². The molecule has 0 aromatic heterocycles. The molecule has 0 spiro atoms. The smallest absolute Gasteiger partial charge is 1.00 e. The van der Waals surface area contributed by atoms with Crippen LogP contribution in [0, 0.1) is 13.8 Å². The first-order valence-corrected chi connectivity index (χ1v) is 3.97. The molecule has 0 aliphatic carbocycles. The first-order chi connectivity index (χ1) is 5.20. The molecule has 0 aliphatic heterocycles. The average Bonchev–Trinajstić information content (AvgIpc) is 1.97. The molecule has 0 aliphatic rings. The Morgan fingerprint density at radius 2 is 1.33 bits per heavy atom. The van der Waals surface area contributed by atoms with Crippen molar-refractivity contribution >= 4 is 46.4 Å². The standard InChI is InChI=1S/C8H10.Ca.HO2P.2H/c1-7-3-5-8(2)6-4-7;;1-3-2;;/h3-6H,1-2H3;;(H,1,2);;/q;+2;;2*-1. The molecule has 0 bridgehead atoms. The van der Waals surface area contributed by atoms with Crippen LogP contribution in [-0.4, -0.2) is 42.6 Å². The largest absolute Gasteiger partial charge is 2.00 e. The summed E-state index contributed by atoms with van der Waals surface area (Å²) < 4.78 is 8.46. The van der Waals surface area contributed by atoms with Gasteiger partial charge in [-0.3, -0.25) is 0 Å². The number of rotatable bonds is 0. The predicted molar refractivity (Wildman–Crippen MR) is 53.7 cm³/mol. The molecule has 1 rings (SSSR count). The van der Waals surface area contributed by atoms with E-state index in [1.54, 1.807) is 0 Å². The molecule has 2 nitrogen and oxygen atoms in total. The van der Waals surface area contributed by atoms with Crippen molar-refractivity contribution in [1.29, 1.82) is 0 Å². The third-order valence-corrected chi connectivity index (χ3v) is 1.22. The Morgan fingerprint density at radius 1 is 1.17 bits per heavy atom. The van der Waals surface area contributed by atoms with Gasteiger partial charge in [0.2, 0.25) is 0 Å². The Bertz CT molecular complexity index is 198. The molecule has 64 valence electrons. The molecule has 1 aromatic rings. The van der Waals surface area contributed by atoms with Gasteiger partial charge in [-0.15, -0.1) is 0 Å². The van der Waals surface area contributed by atoms with E-state index in [2.05, 4.69) is 38.1 Å². The maximum Gasteiger partial charge on any atom is 2.00 e. The number of benzene rings is 1. The minimum atomic E-state index is -0.833. The molecular formula is C8H13CaO2P. The van der Waals surface area contributed by atoms with Crippen molar-refractivity contribution < 1.29 is 12.3 Å². The quantitative estimate of drug-likeness (QED) is 0.529. The van der Waals surface area contributed by atoms with Gasteiger partial charge in [-0.05, 0) is 13.8 Å². The Labute approximate surface area is 107 Å². The summed E-state index contributed by atoms with van der Waals surface area (Å²) in [5.41, 5.74) is 2.66. The Kier molecular flexibility index (Phi) is 12.1. The van der Waals surface area contributed by atoms with E-state index < -0.39 is 8.69 Å². The Hall–Kier alpha value is 0.540. The van der Waals surface area contributed by atoms with Crippen LogP contribution in [0.5, 0.6) is 0 Å². The second-order valence-corrected chi connectivity index (χ2v) is 2.40. The molecule has 0 saturated carbocycles. The van der Waals surface area contributed by atoms with Gasteiger partial charge < -0.3 is 7.75 Å². The second kappa shape index (κ2) is 9.63. The summed E-state index contributed by atoms with van der Waals surface area (Å²) in [6, 6.07) is 8.48. The molecule has 0 amide bonds. The summed E-state index contributed by atoms with van der Waals surface area (Å²) in [5.74, 6) is 0. The van der Waals surface area contributed by atoms with Crippen LogP contribution in [0.25, 0.3) is 0 Å². The van der Waals surface area contributed by atoms with Gasteiger partial charge in [0, 0.05) is 0 Å². The fourth-order valence-corrected chi connectivity index (χ4v) is 0.637. The van der Waals surface area contributed by atoms with E-state index in [9.17, 15) is 0 Å². The maximum absolute atomic E-state index is 8.46. The average molecular weight is 212 g/mol. The van der Waals surface area contributed by atoms with Crippen LogP contribution in [-0.2, 0) is 4.57 Å². The molecule has 1 N–H and O–H groups in total. The van der Waals surface area contributed by atoms with Gasteiger partial charge in [0.05, 0.1) is 0 Å². The number of hydrogen-bond acceptors (Lipinski definition) is 1. The van der Waals surface area contributed by atoms with E-state index in [1.165, 1.54) is 11.1 Å². The molecule has 4 heteroatoms. The predicted octanol–water partition coefficient (Wildman–Crippen LogP) is 2.33. The van der Waals surface area contributed by atoms with Crippen LogP contribution >= 0.6 is 8.69 Å². The van der Waals surface area contributed by atoms with Crippen molar-refractivity contribution in [2.75, 3.05) is 0 Å².